The van der Waals surface area contributed by atoms with Crippen LogP contribution in [0.15, 0.2) is 0 Å². The highest BCUT2D eigenvalue weighted by molar-refractivity contribution is 5.91. The van der Waals surface area contributed by atoms with Crippen LogP contribution in [0.3, 0.4) is 0 Å². The summed E-state index contributed by atoms with van der Waals surface area (Å²) >= 11 is 0. The second kappa shape index (κ2) is 5.76. The van der Waals surface area contributed by atoms with Gasteiger partial charge in [-0.25, -0.2) is 0 Å². The smallest absolute Gasteiger partial charge is 0.242 e. The lowest BCUT2D eigenvalue weighted by Gasteiger charge is -2.56. The molecule has 5 heteroatoms. The van der Waals surface area contributed by atoms with Gasteiger partial charge in [-0.1, -0.05) is 0 Å². The average molecular weight is 319 g/mol. The molecule has 4 saturated carbocycles. The van der Waals surface area contributed by atoms with Crippen molar-refractivity contribution in [2.45, 2.75) is 57.4 Å². The van der Waals surface area contributed by atoms with Gasteiger partial charge < -0.3 is 16.0 Å². The van der Waals surface area contributed by atoms with Gasteiger partial charge in [-0.05, 0) is 69.1 Å². The monoisotopic (exact) mass is 319 g/mol. The molecule has 0 aromatic rings. The highest BCUT2D eigenvalue weighted by atomic mass is 16.2. The molecule has 5 rings (SSSR count). The molecule has 2 amide bonds. The molecule has 128 valence electrons. The molecule has 0 radical (unpaired) electrons. The fraction of sp³-hybridized carbons (Fsp3) is 0.889. The summed E-state index contributed by atoms with van der Waals surface area (Å²) in [6.07, 6.45) is 8.99. The van der Waals surface area contributed by atoms with E-state index in [2.05, 4.69) is 5.32 Å². The number of nitrogens with zero attached hydrogens (tertiary/aromatic N) is 1. The van der Waals surface area contributed by atoms with E-state index < -0.39 is 0 Å². The molecule has 23 heavy (non-hydrogen) atoms. The maximum atomic E-state index is 13.4. The summed E-state index contributed by atoms with van der Waals surface area (Å²) in [4.78, 5) is 27.7. The Kier molecular flexibility index (Phi) is 3.87. The van der Waals surface area contributed by atoms with Gasteiger partial charge in [0.15, 0.2) is 0 Å². The molecule has 0 aromatic heterocycles. The quantitative estimate of drug-likeness (QED) is 0.819. The van der Waals surface area contributed by atoms with Crippen molar-refractivity contribution in [2.75, 3.05) is 19.6 Å². The molecule has 0 aromatic carbocycles. The van der Waals surface area contributed by atoms with Crippen LogP contribution in [0.5, 0.6) is 0 Å². The Morgan fingerprint density at radius 2 is 1.70 bits per heavy atom. The minimum absolute atomic E-state index is 0.00831. The van der Waals surface area contributed by atoms with Crippen molar-refractivity contribution in [1.82, 2.24) is 10.2 Å². The third-order valence-electron chi connectivity index (χ3n) is 6.75. The van der Waals surface area contributed by atoms with E-state index in [4.69, 9.17) is 5.73 Å². The molecule has 4 aliphatic carbocycles. The number of likely N-dealkylation sites (tertiary alicyclic amines) is 1. The Morgan fingerprint density at radius 3 is 2.26 bits per heavy atom. The first-order chi connectivity index (χ1) is 11.1. The van der Waals surface area contributed by atoms with Gasteiger partial charge in [0.1, 0.15) is 6.04 Å². The van der Waals surface area contributed by atoms with Crippen molar-refractivity contribution in [2.24, 2.45) is 28.9 Å². The van der Waals surface area contributed by atoms with Crippen molar-refractivity contribution in [3.05, 3.63) is 0 Å². The second-order valence-corrected chi connectivity index (χ2v) is 8.43. The molecule has 5 aliphatic rings. The molecule has 1 atom stereocenters. The molecular formula is C18H29N3O2. The van der Waals surface area contributed by atoms with Crippen molar-refractivity contribution < 1.29 is 9.59 Å². The highest BCUT2D eigenvalue weighted by Gasteiger charge is 2.56. The second-order valence-electron chi connectivity index (χ2n) is 8.43. The van der Waals surface area contributed by atoms with E-state index in [9.17, 15) is 9.59 Å². The van der Waals surface area contributed by atoms with Gasteiger partial charge >= 0.3 is 0 Å². The Balaban J connectivity index is 1.51. The first-order valence-corrected chi connectivity index (χ1v) is 9.40. The van der Waals surface area contributed by atoms with Crippen molar-refractivity contribution in [3.63, 3.8) is 0 Å². The lowest BCUT2D eigenvalue weighted by Crippen LogP contribution is -2.57. The summed E-state index contributed by atoms with van der Waals surface area (Å²) in [5, 5.41) is 2.88. The van der Waals surface area contributed by atoms with E-state index in [-0.39, 0.29) is 17.4 Å². The zero-order valence-corrected chi connectivity index (χ0v) is 13.9. The molecule has 1 unspecified atom stereocenters. The molecule has 0 spiro atoms. The van der Waals surface area contributed by atoms with Gasteiger partial charge in [0.2, 0.25) is 11.8 Å². The Hall–Kier alpha value is -1.10. The molecule has 1 aliphatic heterocycles. The predicted molar refractivity (Wildman–Crippen MR) is 87.4 cm³/mol. The molecule has 5 nitrogen and oxygen atoms in total. The average Bonchev–Trinajstić information content (AvgIpc) is 3.00. The minimum Gasteiger partial charge on any atom is -0.353 e. The number of nitrogens with two attached hydrogens (primary N) is 1. The van der Waals surface area contributed by atoms with Gasteiger partial charge in [0.25, 0.3) is 0 Å². The Morgan fingerprint density at radius 1 is 1.09 bits per heavy atom. The van der Waals surface area contributed by atoms with Gasteiger partial charge in [0, 0.05) is 19.6 Å². The third-order valence-corrected chi connectivity index (χ3v) is 6.75. The maximum Gasteiger partial charge on any atom is 0.242 e. The van der Waals surface area contributed by atoms with Crippen LogP contribution in [0.1, 0.15) is 51.4 Å². The number of rotatable bonds is 4. The van der Waals surface area contributed by atoms with Crippen LogP contribution in [0.2, 0.25) is 0 Å². The van der Waals surface area contributed by atoms with Crippen LogP contribution in [0.25, 0.3) is 0 Å². The molecule has 1 saturated heterocycles. The van der Waals surface area contributed by atoms with E-state index in [1.807, 2.05) is 4.90 Å². The Bertz CT molecular complexity index is 469. The lowest BCUT2D eigenvalue weighted by molar-refractivity contribution is -0.160. The zero-order chi connectivity index (χ0) is 16.0. The molecule has 4 bridgehead atoms. The normalized spacial score (nSPS) is 41.3. The van der Waals surface area contributed by atoms with Crippen LogP contribution in [0.4, 0.5) is 0 Å². The number of amides is 2. The lowest BCUT2D eigenvalue weighted by atomic mass is 9.49. The third kappa shape index (κ3) is 2.57. The van der Waals surface area contributed by atoms with Crippen molar-refractivity contribution in [3.8, 4) is 0 Å². The summed E-state index contributed by atoms with van der Waals surface area (Å²) < 4.78 is 0. The van der Waals surface area contributed by atoms with E-state index >= 15 is 0 Å². The highest BCUT2D eigenvalue weighted by Crippen LogP contribution is 2.60. The van der Waals surface area contributed by atoms with Crippen LogP contribution >= 0.6 is 0 Å². The van der Waals surface area contributed by atoms with Gasteiger partial charge in [-0.3, -0.25) is 9.59 Å². The van der Waals surface area contributed by atoms with E-state index in [0.29, 0.717) is 19.0 Å². The van der Waals surface area contributed by atoms with Gasteiger partial charge in [-0.15, -0.1) is 0 Å². The molecule has 1 heterocycles. The number of carbonyl (C=O) groups is 2. The number of carbonyl (C=O) groups excluding carboxylic acids is 2. The van der Waals surface area contributed by atoms with Crippen LogP contribution < -0.4 is 11.1 Å². The fourth-order valence-corrected chi connectivity index (χ4v) is 6.27. The van der Waals surface area contributed by atoms with Crippen LogP contribution in [-0.4, -0.2) is 42.4 Å². The number of nitrogens with one attached hydrogen (secondary N) is 1. The zero-order valence-electron chi connectivity index (χ0n) is 13.9. The fourth-order valence-electron chi connectivity index (χ4n) is 6.27. The standard InChI is InChI=1S/C18H29N3O2/c19-3-4-20-16(22)15-2-1-5-21(15)17(23)18-9-12-6-13(10-18)8-14(7-12)11-18/h12-15H,1-11,19H2,(H,20,22). The van der Waals surface area contributed by atoms with Gasteiger partial charge in [0.05, 0.1) is 5.41 Å². The summed E-state index contributed by atoms with van der Waals surface area (Å²) in [6.45, 7) is 1.69. The molecular weight excluding hydrogens is 290 g/mol. The first kappa shape index (κ1) is 15.4. The molecule has 3 N–H and O–H groups in total. The first-order valence-electron chi connectivity index (χ1n) is 9.40. The summed E-state index contributed by atoms with van der Waals surface area (Å²) in [5.74, 6) is 2.57. The maximum absolute atomic E-state index is 13.4. The SMILES string of the molecule is NCCNC(=O)C1CCCN1C(=O)C12CC3CC(CC(C3)C1)C2. The topological polar surface area (TPSA) is 75.4 Å². The summed E-state index contributed by atoms with van der Waals surface area (Å²) in [6, 6.07) is -0.262. The predicted octanol–water partition coefficient (Wildman–Crippen LogP) is 1.27. The summed E-state index contributed by atoms with van der Waals surface area (Å²) in [5.41, 5.74) is 5.34. The Labute approximate surface area is 138 Å². The van der Waals surface area contributed by atoms with Crippen LogP contribution in [0, 0.1) is 23.2 Å². The van der Waals surface area contributed by atoms with E-state index in [1.54, 1.807) is 0 Å². The molecule has 5 fully saturated rings. The largest absolute Gasteiger partial charge is 0.353 e. The van der Waals surface area contributed by atoms with E-state index in [0.717, 1.165) is 56.4 Å². The number of hydrogen-bond donors (Lipinski definition) is 2. The van der Waals surface area contributed by atoms with Crippen molar-refractivity contribution in [1.29, 1.82) is 0 Å². The van der Waals surface area contributed by atoms with E-state index in [1.165, 1.54) is 19.3 Å². The van der Waals surface area contributed by atoms with Gasteiger partial charge in [-0.2, -0.15) is 0 Å². The number of hydrogen-bond acceptors (Lipinski definition) is 3. The van der Waals surface area contributed by atoms with Crippen molar-refractivity contribution >= 4 is 11.8 Å². The minimum atomic E-state index is -0.262. The van der Waals surface area contributed by atoms with Crippen LogP contribution in [-0.2, 0) is 9.59 Å². The summed E-state index contributed by atoms with van der Waals surface area (Å²) in [7, 11) is 0.